The molecule has 5 nitrogen and oxygen atoms in total. The summed E-state index contributed by atoms with van der Waals surface area (Å²) in [5.41, 5.74) is 1.10. The Balaban J connectivity index is 2.49. The number of rotatable bonds is 1. The molecular formula is C12H10N2O3. The number of hydrogen-bond acceptors (Lipinski definition) is 4. The van der Waals surface area contributed by atoms with Crippen LogP contribution >= 0.6 is 0 Å². The van der Waals surface area contributed by atoms with Crippen molar-refractivity contribution >= 4 is 22.2 Å². The Labute approximate surface area is 96.0 Å². The molecule has 0 atom stereocenters. The molecule has 0 saturated heterocycles. The van der Waals surface area contributed by atoms with Gasteiger partial charge in [0.25, 0.3) is 0 Å². The summed E-state index contributed by atoms with van der Waals surface area (Å²) < 4.78 is 10.7. The first-order valence-corrected chi connectivity index (χ1v) is 5.16. The molecule has 2 aromatic heterocycles. The topological polar surface area (TPSA) is 68.1 Å². The molecule has 3 aromatic rings. The summed E-state index contributed by atoms with van der Waals surface area (Å²) in [6, 6.07) is 5.10. The Morgan fingerprint density at radius 1 is 1.41 bits per heavy atom. The number of aromatic nitrogens is 2. The maximum absolute atomic E-state index is 12.1. The van der Waals surface area contributed by atoms with Gasteiger partial charge >= 0.3 is 0 Å². The van der Waals surface area contributed by atoms with Crippen LogP contribution in [0.4, 0.5) is 0 Å². The quantitative estimate of drug-likeness (QED) is 0.694. The van der Waals surface area contributed by atoms with Crippen molar-refractivity contribution in [2.24, 2.45) is 0 Å². The molecule has 86 valence electrons. The molecule has 0 fully saturated rings. The number of imidazole rings is 1. The Kier molecular flexibility index (Phi) is 1.95. The smallest absolute Gasteiger partial charge is 0.249 e. The van der Waals surface area contributed by atoms with E-state index >= 15 is 0 Å². The van der Waals surface area contributed by atoms with Crippen molar-refractivity contribution in [2.45, 2.75) is 6.92 Å². The van der Waals surface area contributed by atoms with Crippen LogP contribution in [0, 0.1) is 6.92 Å². The largest absolute Gasteiger partial charge is 0.497 e. The van der Waals surface area contributed by atoms with Gasteiger partial charge in [0.2, 0.25) is 11.1 Å². The first-order valence-electron chi connectivity index (χ1n) is 5.16. The minimum absolute atomic E-state index is 0.107. The van der Waals surface area contributed by atoms with Gasteiger partial charge in [-0.25, -0.2) is 0 Å². The highest BCUT2D eigenvalue weighted by Gasteiger charge is 2.11. The highest BCUT2D eigenvalue weighted by atomic mass is 16.5. The van der Waals surface area contributed by atoms with Crippen molar-refractivity contribution < 1.29 is 9.15 Å². The fraction of sp³-hybridized carbons (Fsp3) is 0.167. The Hall–Kier alpha value is -2.30. The van der Waals surface area contributed by atoms with E-state index in [0.29, 0.717) is 33.8 Å². The van der Waals surface area contributed by atoms with Gasteiger partial charge in [0.05, 0.1) is 12.5 Å². The van der Waals surface area contributed by atoms with E-state index in [0.717, 1.165) is 0 Å². The van der Waals surface area contributed by atoms with Crippen LogP contribution in [0.3, 0.4) is 0 Å². The molecule has 0 amide bonds. The molecule has 1 aromatic carbocycles. The van der Waals surface area contributed by atoms with Gasteiger partial charge in [-0.3, -0.25) is 4.79 Å². The van der Waals surface area contributed by atoms with E-state index in [1.54, 1.807) is 32.2 Å². The number of nitrogens with one attached hydrogen (secondary N) is 1. The highest BCUT2D eigenvalue weighted by molar-refractivity contribution is 5.87. The fourth-order valence-electron chi connectivity index (χ4n) is 1.84. The molecule has 0 aliphatic carbocycles. The lowest BCUT2D eigenvalue weighted by atomic mass is 10.2. The van der Waals surface area contributed by atoms with Crippen LogP contribution in [0.25, 0.3) is 22.2 Å². The number of fused-ring (bicyclic) bond motifs is 2. The Bertz CT molecular complexity index is 770. The first kappa shape index (κ1) is 9.89. The van der Waals surface area contributed by atoms with Crippen LogP contribution in [-0.2, 0) is 0 Å². The maximum Gasteiger partial charge on any atom is 0.249 e. The van der Waals surface area contributed by atoms with Gasteiger partial charge in [-0.1, -0.05) is 0 Å². The highest BCUT2D eigenvalue weighted by Crippen LogP contribution is 2.21. The number of methoxy groups -OCH3 is 1. The van der Waals surface area contributed by atoms with E-state index in [9.17, 15) is 4.79 Å². The molecule has 0 radical (unpaired) electrons. The van der Waals surface area contributed by atoms with Gasteiger partial charge in [-0.15, -0.1) is 0 Å². The monoisotopic (exact) mass is 230 g/mol. The molecule has 0 aliphatic rings. The number of H-pyrrole nitrogens is 1. The number of aromatic amines is 1. The number of hydrogen-bond donors (Lipinski definition) is 1. The van der Waals surface area contributed by atoms with E-state index in [-0.39, 0.29) is 5.43 Å². The van der Waals surface area contributed by atoms with Gasteiger partial charge in [-0.2, -0.15) is 4.98 Å². The Morgan fingerprint density at radius 3 is 3.00 bits per heavy atom. The molecule has 0 aliphatic heterocycles. The van der Waals surface area contributed by atoms with E-state index in [1.165, 1.54) is 0 Å². The second kappa shape index (κ2) is 3.35. The molecule has 0 unspecified atom stereocenters. The summed E-state index contributed by atoms with van der Waals surface area (Å²) in [4.78, 5) is 19.1. The third-order valence-corrected chi connectivity index (χ3v) is 2.66. The zero-order valence-electron chi connectivity index (χ0n) is 9.40. The second-order valence-electron chi connectivity index (χ2n) is 3.80. The lowest BCUT2D eigenvalue weighted by Crippen LogP contribution is -2.02. The van der Waals surface area contributed by atoms with Crippen molar-refractivity contribution in [1.82, 2.24) is 9.97 Å². The molecule has 2 heterocycles. The van der Waals surface area contributed by atoms with Crippen LogP contribution in [0.5, 0.6) is 5.75 Å². The van der Waals surface area contributed by atoms with E-state index in [1.807, 2.05) is 0 Å². The lowest BCUT2D eigenvalue weighted by Gasteiger charge is -2.00. The number of nitrogens with zero attached hydrogens (tertiary/aromatic N) is 1. The van der Waals surface area contributed by atoms with E-state index < -0.39 is 0 Å². The van der Waals surface area contributed by atoms with Crippen molar-refractivity contribution in [3.05, 3.63) is 34.2 Å². The molecule has 5 heteroatoms. The van der Waals surface area contributed by atoms with E-state index in [4.69, 9.17) is 9.15 Å². The zero-order valence-corrected chi connectivity index (χ0v) is 9.40. The predicted octanol–water partition coefficient (Wildman–Crippen LogP) is 1.99. The van der Waals surface area contributed by atoms with Crippen LogP contribution in [0.2, 0.25) is 0 Å². The van der Waals surface area contributed by atoms with Gasteiger partial charge in [-0.05, 0) is 19.1 Å². The Morgan fingerprint density at radius 2 is 2.24 bits per heavy atom. The third-order valence-electron chi connectivity index (χ3n) is 2.66. The fourth-order valence-corrected chi connectivity index (χ4v) is 1.84. The standard InChI is InChI=1S/C12H10N2O3/c1-6-13-10-11(15)8-4-3-7(16-2)5-9(8)17-12(10)14-6/h3-5H,1-2H3,(H,13,14). The van der Waals surface area contributed by atoms with Crippen LogP contribution in [-0.4, -0.2) is 17.1 Å². The summed E-state index contributed by atoms with van der Waals surface area (Å²) in [6.07, 6.45) is 0. The van der Waals surface area contributed by atoms with Gasteiger partial charge < -0.3 is 14.1 Å². The minimum atomic E-state index is -0.107. The van der Waals surface area contributed by atoms with E-state index in [2.05, 4.69) is 9.97 Å². The SMILES string of the molecule is COc1ccc2c(=O)c3[nH]c(C)nc3oc2c1. The van der Waals surface area contributed by atoms with Crippen molar-refractivity contribution in [3.8, 4) is 5.75 Å². The first-order chi connectivity index (χ1) is 8.19. The zero-order chi connectivity index (χ0) is 12.0. The van der Waals surface area contributed by atoms with Gasteiger partial charge in [0.15, 0.2) is 5.52 Å². The number of benzene rings is 1. The normalized spacial score (nSPS) is 11.2. The average molecular weight is 230 g/mol. The third kappa shape index (κ3) is 1.39. The summed E-state index contributed by atoms with van der Waals surface area (Å²) in [5, 5.41) is 0.516. The average Bonchev–Trinajstić information content (AvgIpc) is 2.69. The molecule has 0 saturated carbocycles. The second-order valence-corrected chi connectivity index (χ2v) is 3.80. The van der Waals surface area contributed by atoms with Gasteiger partial charge in [0.1, 0.15) is 17.2 Å². The van der Waals surface area contributed by atoms with Crippen molar-refractivity contribution in [3.63, 3.8) is 0 Å². The predicted molar refractivity (Wildman–Crippen MR) is 63.4 cm³/mol. The van der Waals surface area contributed by atoms with Crippen molar-refractivity contribution in [1.29, 1.82) is 0 Å². The molecular weight excluding hydrogens is 220 g/mol. The minimum Gasteiger partial charge on any atom is -0.497 e. The van der Waals surface area contributed by atoms with Crippen LogP contribution < -0.4 is 10.2 Å². The lowest BCUT2D eigenvalue weighted by molar-refractivity contribution is 0.414. The van der Waals surface area contributed by atoms with Crippen LogP contribution in [0.15, 0.2) is 27.4 Å². The summed E-state index contributed by atoms with van der Waals surface area (Å²) in [6.45, 7) is 1.78. The molecule has 0 spiro atoms. The molecule has 0 bridgehead atoms. The number of aryl methyl sites for hydroxylation is 1. The number of ether oxygens (including phenoxy) is 1. The molecule has 3 rings (SSSR count). The summed E-state index contributed by atoms with van der Waals surface area (Å²) in [7, 11) is 1.57. The maximum atomic E-state index is 12.1. The summed E-state index contributed by atoms with van der Waals surface area (Å²) >= 11 is 0. The molecule has 17 heavy (non-hydrogen) atoms. The van der Waals surface area contributed by atoms with Crippen LogP contribution in [0.1, 0.15) is 5.82 Å². The molecule has 1 N–H and O–H groups in total. The van der Waals surface area contributed by atoms with Crippen molar-refractivity contribution in [2.75, 3.05) is 7.11 Å². The van der Waals surface area contributed by atoms with Gasteiger partial charge in [0, 0.05) is 6.07 Å². The summed E-state index contributed by atoms with van der Waals surface area (Å²) in [5.74, 6) is 1.30.